The molecular weight excluding hydrogens is 278 g/mol. The van der Waals surface area contributed by atoms with E-state index in [9.17, 15) is 19.5 Å². The largest absolute Gasteiger partial charge is 0.480 e. The van der Waals surface area contributed by atoms with E-state index in [0.717, 1.165) is 0 Å². The third-order valence-corrected chi connectivity index (χ3v) is 3.12. The zero-order chi connectivity index (χ0) is 15.2. The van der Waals surface area contributed by atoms with Gasteiger partial charge in [-0.15, -0.1) is 0 Å². The van der Waals surface area contributed by atoms with Gasteiger partial charge >= 0.3 is 12.0 Å². The van der Waals surface area contributed by atoms with Gasteiger partial charge in [-0.1, -0.05) is 0 Å². The minimum atomic E-state index is -1.14. The van der Waals surface area contributed by atoms with Gasteiger partial charge in [0.15, 0.2) is 0 Å². The first-order chi connectivity index (χ1) is 10.1. The number of hydrogen-bond donors (Lipinski definition) is 4. The first-order valence-electron chi connectivity index (χ1n) is 6.58. The third kappa shape index (κ3) is 4.20. The summed E-state index contributed by atoms with van der Waals surface area (Å²) >= 11 is 0. The number of aromatic amines is 1. The van der Waals surface area contributed by atoms with Crippen LogP contribution in [0.4, 0.5) is 4.79 Å². The standard InChI is InChI=1S/C12H17N5O4/c18-10-6-17(3-1-2-14-10)12(21)16-9(11(19)20)4-8-5-13-7-15-8/h5,7,9H,1-4,6H2,(H,13,15)(H,14,18)(H,16,21)(H,19,20)/t9-/m0/s1. The van der Waals surface area contributed by atoms with Crippen LogP contribution in [0.2, 0.25) is 0 Å². The summed E-state index contributed by atoms with van der Waals surface area (Å²) < 4.78 is 0. The van der Waals surface area contributed by atoms with Gasteiger partial charge in [-0.3, -0.25) is 4.79 Å². The van der Waals surface area contributed by atoms with Crippen LogP contribution in [-0.4, -0.2) is 63.6 Å². The molecule has 1 aromatic heterocycles. The molecule has 2 heterocycles. The van der Waals surface area contributed by atoms with Crippen molar-refractivity contribution in [3.05, 3.63) is 18.2 Å². The lowest BCUT2D eigenvalue weighted by Gasteiger charge is -2.22. The minimum Gasteiger partial charge on any atom is -0.480 e. The maximum atomic E-state index is 12.1. The molecule has 2 rings (SSSR count). The Bertz CT molecular complexity index is 516. The first-order valence-corrected chi connectivity index (χ1v) is 6.58. The summed E-state index contributed by atoms with van der Waals surface area (Å²) in [5, 5.41) is 14.3. The fourth-order valence-electron chi connectivity index (χ4n) is 2.04. The van der Waals surface area contributed by atoms with Crippen molar-refractivity contribution in [2.75, 3.05) is 19.6 Å². The number of carboxylic acid groups (broad SMARTS) is 1. The molecule has 1 fully saturated rings. The maximum absolute atomic E-state index is 12.1. The van der Waals surface area contributed by atoms with Crippen molar-refractivity contribution in [1.29, 1.82) is 0 Å². The number of hydrogen-bond acceptors (Lipinski definition) is 4. The lowest BCUT2D eigenvalue weighted by Crippen LogP contribution is -2.50. The van der Waals surface area contributed by atoms with E-state index in [2.05, 4.69) is 20.6 Å². The molecule has 1 saturated heterocycles. The zero-order valence-corrected chi connectivity index (χ0v) is 11.3. The quantitative estimate of drug-likeness (QED) is 0.563. The van der Waals surface area contributed by atoms with E-state index in [1.165, 1.54) is 17.4 Å². The number of rotatable bonds is 4. The van der Waals surface area contributed by atoms with Crippen LogP contribution in [0.25, 0.3) is 0 Å². The number of nitrogens with zero attached hydrogens (tertiary/aromatic N) is 2. The number of imidazole rings is 1. The fourth-order valence-corrected chi connectivity index (χ4v) is 2.04. The summed E-state index contributed by atoms with van der Waals surface area (Å²) in [7, 11) is 0. The summed E-state index contributed by atoms with van der Waals surface area (Å²) in [6, 6.07) is -1.64. The normalized spacial score (nSPS) is 16.8. The number of H-pyrrole nitrogens is 1. The van der Waals surface area contributed by atoms with E-state index in [0.29, 0.717) is 25.2 Å². The van der Waals surface area contributed by atoms with Gasteiger partial charge in [-0.05, 0) is 6.42 Å². The highest BCUT2D eigenvalue weighted by atomic mass is 16.4. The van der Waals surface area contributed by atoms with Crippen molar-refractivity contribution in [2.24, 2.45) is 0 Å². The molecular formula is C12H17N5O4. The lowest BCUT2D eigenvalue weighted by molar-refractivity contribution is -0.139. The SMILES string of the molecule is O=C1CN(C(=O)N[C@@H](Cc2cnc[nH]2)C(=O)O)CCCN1. The van der Waals surface area contributed by atoms with Gasteiger partial charge in [-0.25, -0.2) is 14.6 Å². The van der Waals surface area contributed by atoms with Crippen LogP contribution in [0.3, 0.4) is 0 Å². The molecule has 1 aromatic rings. The second-order valence-electron chi connectivity index (χ2n) is 4.75. The van der Waals surface area contributed by atoms with Crippen LogP contribution in [0.15, 0.2) is 12.5 Å². The minimum absolute atomic E-state index is 0.0672. The Balaban J connectivity index is 1.97. The fraction of sp³-hybridized carbons (Fsp3) is 0.500. The van der Waals surface area contributed by atoms with Gasteiger partial charge in [0, 0.05) is 31.4 Å². The summed E-state index contributed by atoms with van der Waals surface area (Å²) in [5.41, 5.74) is 0.608. The molecule has 1 aliphatic heterocycles. The number of carbonyl (C=O) groups excluding carboxylic acids is 2. The van der Waals surface area contributed by atoms with Gasteiger partial charge in [0.25, 0.3) is 0 Å². The van der Waals surface area contributed by atoms with Crippen molar-refractivity contribution >= 4 is 17.9 Å². The second-order valence-corrected chi connectivity index (χ2v) is 4.75. The van der Waals surface area contributed by atoms with Crippen molar-refractivity contribution in [1.82, 2.24) is 25.5 Å². The molecule has 1 atom stereocenters. The molecule has 9 nitrogen and oxygen atoms in total. The molecule has 1 aliphatic rings. The Labute approximate surface area is 120 Å². The highest BCUT2D eigenvalue weighted by Crippen LogP contribution is 2.02. The van der Waals surface area contributed by atoms with E-state index in [1.54, 1.807) is 0 Å². The zero-order valence-electron chi connectivity index (χ0n) is 11.3. The van der Waals surface area contributed by atoms with Crippen LogP contribution >= 0.6 is 0 Å². The Morgan fingerprint density at radius 2 is 2.33 bits per heavy atom. The van der Waals surface area contributed by atoms with Gasteiger partial charge in [0.05, 0.1) is 6.33 Å². The van der Waals surface area contributed by atoms with Gasteiger partial charge in [-0.2, -0.15) is 0 Å². The van der Waals surface area contributed by atoms with Crippen molar-refractivity contribution < 1.29 is 19.5 Å². The van der Waals surface area contributed by atoms with E-state index in [-0.39, 0.29) is 18.9 Å². The average molecular weight is 295 g/mol. The first kappa shape index (κ1) is 14.8. The third-order valence-electron chi connectivity index (χ3n) is 3.12. The molecule has 0 spiro atoms. The number of amides is 3. The lowest BCUT2D eigenvalue weighted by atomic mass is 10.1. The van der Waals surface area contributed by atoms with Crippen LogP contribution in [0, 0.1) is 0 Å². The van der Waals surface area contributed by atoms with Crippen LogP contribution in [-0.2, 0) is 16.0 Å². The van der Waals surface area contributed by atoms with E-state index in [4.69, 9.17) is 0 Å². The highest BCUT2D eigenvalue weighted by Gasteiger charge is 2.25. The van der Waals surface area contributed by atoms with Gasteiger partial charge in [0.2, 0.25) is 5.91 Å². The Hall–Kier alpha value is -2.58. The number of nitrogens with one attached hydrogen (secondary N) is 3. The molecule has 0 bridgehead atoms. The Morgan fingerprint density at radius 1 is 1.52 bits per heavy atom. The topological polar surface area (TPSA) is 127 Å². The summed E-state index contributed by atoms with van der Waals surface area (Å²) in [6.07, 6.45) is 3.68. The van der Waals surface area contributed by atoms with E-state index >= 15 is 0 Å². The number of carbonyl (C=O) groups is 3. The molecule has 21 heavy (non-hydrogen) atoms. The molecule has 0 aromatic carbocycles. The molecule has 4 N–H and O–H groups in total. The van der Waals surface area contributed by atoms with Crippen molar-refractivity contribution in [3.63, 3.8) is 0 Å². The molecule has 3 amide bonds. The second kappa shape index (κ2) is 6.73. The van der Waals surface area contributed by atoms with E-state index in [1.807, 2.05) is 0 Å². The molecule has 0 unspecified atom stereocenters. The molecule has 9 heteroatoms. The number of carboxylic acids is 1. The Morgan fingerprint density at radius 3 is 3.00 bits per heavy atom. The number of urea groups is 1. The predicted molar refractivity (Wildman–Crippen MR) is 71.4 cm³/mol. The Kier molecular flexibility index (Phi) is 4.75. The molecule has 114 valence electrons. The van der Waals surface area contributed by atoms with Gasteiger partial charge in [0.1, 0.15) is 12.6 Å². The monoisotopic (exact) mass is 295 g/mol. The van der Waals surface area contributed by atoms with Crippen molar-refractivity contribution in [2.45, 2.75) is 18.9 Å². The highest BCUT2D eigenvalue weighted by molar-refractivity contribution is 5.87. The van der Waals surface area contributed by atoms with Crippen LogP contribution in [0.1, 0.15) is 12.1 Å². The summed E-state index contributed by atoms with van der Waals surface area (Å²) in [5.74, 6) is -1.39. The van der Waals surface area contributed by atoms with Crippen molar-refractivity contribution in [3.8, 4) is 0 Å². The number of aliphatic carboxylic acids is 1. The van der Waals surface area contributed by atoms with Crippen LogP contribution in [0.5, 0.6) is 0 Å². The maximum Gasteiger partial charge on any atom is 0.326 e. The average Bonchev–Trinajstić information content (AvgIpc) is 2.84. The molecule has 0 aliphatic carbocycles. The van der Waals surface area contributed by atoms with Gasteiger partial charge < -0.3 is 25.6 Å². The number of aromatic nitrogens is 2. The van der Waals surface area contributed by atoms with Crippen LogP contribution < -0.4 is 10.6 Å². The smallest absolute Gasteiger partial charge is 0.326 e. The van der Waals surface area contributed by atoms with E-state index < -0.39 is 18.0 Å². The molecule has 0 saturated carbocycles. The predicted octanol–water partition coefficient (Wildman–Crippen LogP) is -1.06. The summed E-state index contributed by atoms with van der Waals surface area (Å²) in [6.45, 7) is 0.850. The summed E-state index contributed by atoms with van der Waals surface area (Å²) in [4.78, 5) is 42.6. The molecule has 0 radical (unpaired) electrons.